The molecule has 4 heteroatoms. The molecule has 17 heavy (non-hydrogen) atoms. The van der Waals surface area contributed by atoms with Crippen LogP contribution in [-0.2, 0) is 9.53 Å². The van der Waals surface area contributed by atoms with E-state index in [4.69, 9.17) is 4.74 Å². The molecule has 0 aliphatic heterocycles. The Morgan fingerprint density at radius 1 is 1.06 bits per heavy atom. The van der Waals surface area contributed by atoms with Crippen molar-refractivity contribution in [1.29, 1.82) is 0 Å². The van der Waals surface area contributed by atoms with Crippen molar-refractivity contribution in [2.24, 2.45) is 0 Å². The Bertz CT molecular complexity index is 194. The Morgan fingerprint density at radius 3 is 2.18 bits per heavy atom. The molecule has 0 spiro atoms. The molecule has 0 saturated carbocycles. The summed E-state index contributed by atoms with van der Waals surface area (Å²) in [5.74, 6) is 0.125. The highest BCUT2D eigenvalue weighted by Gasteiger charge is 2.10. The van der Waals surface area contributed by atoms with Crippen LogP contribution >= 0.6 is 0 Å². The first-order valence-electron chi connectivity index (χ1n) is 6.46. The van der Waals surface area contributed by atoms with Crippen molar-refractivity contribution < 1.29 is 19.7 Å². The number of rotatable bonds is 11. The fraction of sp³-hybridized carbons (Fsp3) is 0.923. The summed E-state index contributed by atoms with van der Waals surface area (Å²) in [4.78, 5) is 11.3. The normalized spacial score (nSPS) is 14.6. The molecule has 0 aliphatic rings. The van der Waals surface area contributed by atoms with E-state index in [1.165, 1.54) is 0 Å². The summed E-state index contributed by atoms with van der Waals surface area (Å²) in [6.07, 6.45) is 3.41. The van der Waals surface area contributed by atoms with Crippen LogP contribution in [0.1, 0.15) is 51.9 Å². The second kappa shape index (κ2) is 10.7. The Labute approximate surface area is 104 Å². The van der Waals surface area contributed by atoms with Crippen LogP contribution in [-0.4, -0.2) is 41.9 Å². The summed E-state index contributed by atoms with van der Waals surface area (Å²) >= 11 is 0. The number of ether oxygens (including phenoxy) is 1. The van der Waals surface area contributed by atoms with Crippen molar-refractivity contribution in [3.05, 3.63) is 0 Å². The summed E-state index contributed by atoms with van der Waals surface area (Å²) in [7, 11) is 1.57. The monoisotopic (exact) mass is 246 g/mol. The number of ketones is 1. The van der Waals surface area contributed by atoms with Gasteiger partial charge in [0.1, 0.15) is 5.78 Å². The summed E-state index contributed by atoms with van der Waals surface area (Å²) in [6.45, 7) is 2.47. The summed E-state index contributed by atoms with van der Waals surface area (Å²) in [5.41, 5.74) is 0. The van der Waals surface area contributed by atoms with Crippen LogP contribution in [0.5, 0.6) is 0 Å². The molecule has 0 aliphatic carbocycles. The Balaban J connectivity index is 3.51. The molecule has 0 rings (SSSR count). The molecule has 0 aromatic rings. The third kappa shape index (κ3) is 10.4. The Morgan fingerprint density at radius 2 is 1.65 bits per heavy atom. The van der Waals surface area contributed by atoms with Gasteiger partial charge in [-0.1, -0.05) is 13.3 Å². The predicted molar refractivity (Wildman–Crippen MR) is 66.9 cm³/mol. The lowest BCUT2D eigenvalue weighted by Gasteiger charge is -2.13. The largest absolute Gasteiger partial charge is 0.393 e. The van der Waals surface area contributed by atoms with Gasteiger partial charge < -0.3 is 14.9 Å². The second-order valence-electron chi connectivity index (χ2n) is 4.49. The first-order valence-corrected chi connectivity index (χ1v) is 6.46. The van der Waals surface area contributed by atoms with Crippen molar-refractivity contribution in [3.63, 3.8) is 0 Å². The minimum atomic E-state index is -0.479. The number of hydrogen-bond acceptors (Lipinski definition) is 4. The molecule has 0 saturated heterocycles. The van der Waals surface area contributed by atoms with Gasteiger partial charge in [0.15, 0.2) is 0 Å². The number of carbonyl (C=O) groups is 1. The van der Waals surface area contributed by atoms with E-state index < -0.39 is 6.10 Å². The van der Waals surface area contributed by atoms with Crippen LogP contribution in [0.3, 0.4) is 0 Å². The van der Waals surface area contributed by atoms with Gasteiger partial charge in [-0.2, -0.15) is 0 Å². The average Bonchev–Trinajstić information content (AvgIpc) is 2.31. The lowest BCUT2D eigenvalue weighted by molar-refractivity contribution is -0.120. The minimum absolute atomic E-state index is 0.125. The van der Waals surface area contributed by atoms with Crippen LogP contribution < -0.4 is 0 Å². The first-order chi connectivity index (χ1) is 8.10. The van der Waals surface area contributed by atoms with Gasteiger partial charge >= 0.3 is 0 Å². The molecule has 0 radical (unpaired) electrons. The van der Waals surface area contributed by atoms with Gasteiger partial charge in [-0.3, -0.25) is 4.79 Å². The van der Waals surface area contributed by atoms with E-state index in [9.17, 15) is 15.0 Å². The third-order valence-electron chi connectivity index (χ3n) is 2.80. The molecule has 102 valence electrons. The number of hydrogen-bond donors (Lipinski definition) is 2. The number of Topliss-reactive ketones (excluding diaryl/α,β-unsaturated/α-hetero) is 1. The van der Waals surface area contributed by atoms with Gasteiger partial charge in [0.05, 0.1) is 18.8 Å². The lowest BCUT2D eigenvalue weighted by Crippen LogP contribution is -2.14. The van der Waals surface area contributed by atoms with Crippen molar-refractivity contribution in [3.8, 4) is 0 Å². The minimum Gasteiger partial charge on any atom is -0.393 e. The van der Waals surface area contributed by atoms with E-state index in [0.717, 1.165) is 12.8 Å². The van der Waals surface area contributed by atoms with Gasteiger partial charge in [0.2, 0.25) is 0 Å². The zero-order chi connectivity index (χ0) is 13.1. The molecule has 0 heterocycles. The zero-order valence-electron chi connectivity index (χ0n) is 11.0. The van der Waals surface area contributed by atoms with Crippen molar-refractivity contribution in [2.75, 3.05) is 13.7 Å². The van der Waals surface area contributed by atoms with E-state index in [1.54, 1.807) is 7.11 Å². The van der Waals surface area contributed by atoms with Crippen LogP contribution in [0.25, 0.3) is 0 Å². The van der Waals surface area contributed by atoms with E-state index >= 15 is 0 Å². The van der Waals surface area contributed by atoms with E-state index in [-0.39, 0.29) is 11.9 Å². The van der Waals surface area contributed by atoms with Crippen molar-refractivity contribution >= 4 is 5.78 Å². The first kappa shape index (κ1) is 16.6. The zero-order valence-corrected chi connectivity index (χ0v) is 11.0. The van der Waals surface area contributed by atoms with E-state index in [0.29, 0.717) is 38.7 Å². The fourth-order valence-corrected chi connectivity index (χ4v) is 1.68. The standard InChI is InChI=1S/C13H26O4/c1-3-4-11(14)5-6-12(15)7-8-13(16)9-10-17-2/h11-12,14-15H,3-10H2,1-2H3. The van der Waals surface area contributed by atoms with Crippen LogP contribution in [0.2, 0.25) is 0 Å². The van der Waals surface area contributed by atoms with Gasteiger partial charge in [-0.15, -0.1) is 0 Å². The fourth-order valence-electron chi connectivity index (χ4n) is 1.68. The molecule has 0 bridgehead atoms. The third-order valence-corrected chi connectivity index (χ3v) is 2.80. The molecule has 2 unspecified atom stereocenters. The summed E-state index contributed by atoms with van der Waals surface area (Å²) < 4.78 is 4.81. The molecule has 0 aromatic carbocycles. The van der Waals surface area contributed by atoms with Gasteiger partial charge in [0.25, 0.3) is 0 Å². The predicted octanol–water partition coefficient (Wildman–Crippen LogP) is 1.67. The smallest absolute Gasteiger partial charge is 0.135 e. The highest BCUT2D eigenvalue weighted by atomic mass is 16.5. The number of methoxy groups -OCH3 is 1. The maximum Gasteiger partial charge on any atom is 0.135 e. The van der Waals surface area contributed by atoms with Gasteiger partial charge in [-0.25, -0.2) is 0 Å². The van der Waals surface area contributed by atoms with Crippen LogP contribution in [0.4, 0.5) is 0 Å². The Hall–Kier alpha value is -0.450. The molecule has 4 nitrogen and oxygen atoms in total. The van der Waals surface area contributed by atoms with Gasteiger partial charge in [-0.05, 0) is 25.7 Å². The maximum absolute atomic E-state index is 11.3. The topological polar surface area (TPSA) is 66.8 Å². The number of carbonyl (C=O) groups excluding carboxylic acids is 1. The number of aliphatic hydroxyl groups excluding tert-OH is 2. The van der Waals surface area contributed by atoms with E-state index in [1.807, 2.05) is 6.92 Å². The lowest BCUT2D eigenvalue weighted by atomic mass is 10.0. The molecule has 2 atom stereocenters. The maximum atomic E-state index is 11.3. The highest BCUT2D eigenvalue weighted by molar-refractivity contribution is 5.78. The SMILES string of the molecule is CCCC(O)CCC(O)CCC(=O)CCOC. The molecule has 0 aromatic heterocycles. The molecule has 0 fully saturated rings. The molecular formula is C13H26O4. The molecule has 2 N–H and O–H groups in total. The number of aliphatic hydroxyl groups is 2. The Kier molecular flexibility index (Phi) is 10.4. The summed E-state index contributed by atoms with van der Waals surface area (Å²) in [5, 5.41) is 19.1. The van der Waals surface area contributed by atoms with Crippen LogP contribution in [0.15, 0.2) is 0 Å². The molecule has 0 amide bonds. The quantitative estimate of drug-likeness (QED) is 0.582. The summed E-state index contributed by atoms with van der Waals surface area (Å²) in [6, 6.07) is 0. The molecular weight excluding hydrogens is 220 g/mol. The van der Waals surface area contributed by atoms with Crippen molar-refractivity contribution in [2.45, 2.75) is 64.1 Å². The van der Waals surface area contributed by atoms with Crippen molar-refractivity contribution in [1.82, 2.24) is 0 Å². The highest BCUT2D eigenvalue weighted by Crippen LogP contribution is 2.11. The average molecular weight is 246 g/mol. The van der Waals surface area contributed by atoms with E-state index in [2.05, 4.69) is 0 Å². The van der Waals surface area contributed by atoms with Crippen LogP contribution in [0, 0.1) is 0 Å². The van der Waals surface area contributed by atoms with Gasteiger partial charge in [0, 0.05) is 20.0 Å². The second-order valence-corrected chi connectivity index (χ2v) is 4.49.